The minimum Gasteiger partial charge on any atom is -0.493 e. The molecule has 16 heavy (non-hydrogen) atoms. The summed E-state index contributed by atoms with van der Waals surface area (Å²) in [4.78, 5) is 1.01. The number of anilines is 1. The van der Waals surface area contributed by atoms with Gasteiger partial charge in [-0.05, 0) is 6.07 Å². The highest BCUT2D eigenvalue weighted by Gasteiger charge is 2.21. The Labute approximate surface area is 97.3 Å². The summed E-state index contributed by atoms with van der Waals surface area (Å²) < 4.78 is 22.5. The van der Waals surface area contributed by atoms with E-state index in [1.165, 1.54) is 11.8 Å². The Balaban J connectivity index is 2.27. The van der Waals surface area contributed by atoms with Crippen molar-refractivity contribution in [2.24, 2.45) is 5.73 Å². The fourth-order valence-electron chi connectivity index (χ4n) is 1.49. The van der Waals surface area contributed by atoms with E-state index in [2.05, 4.69) is 5.32 Å². The van der Waals surface area contributed by atoms with Gasteiger partial charge in [0.25, 0.3) is 0 Å². The number of thioether (sulfide) groups is 1. The molecule has 88 valence electrons. The molecule has 4 nitrogen and oxygen atoms in total. The topological polar surface area (TPSA) is 56.5 Å². The SMILES string of the molecule is COc1cc2c(cc1OCCF)NC(N)S2. The summed E-state index contributed by atoms with van der Waals surface area (Å²) >= 11 is 1.51. The Morgan fingerprint density at radius 2 is 2.31 bits per heavy atom. The molecule has 1 aliphatic heterocycles. The van der Waals surface area contributed by atoms with Gasteiger partial charge in [-0.2, -0.15) is 0 Å². The van der Waals surface area contributed by atoms with Crippen molar-refractivity contribution in [1.82, 2.24) is 0 Å². The van der Waals surface area contributed by atoms with Crippen LogP contribution in [0.4, 0.5) is 10.1 Å². The van der Waals surface area contributed by atoms with E-state index in [0.717, 1.165) is 10.6 Å². The first kappa shape index (κ1) is 11.3. The zero-order valence-corrected chi connectivity index (χ0v) is 9.64. The highest BCUT2D eigenvalue weighted by molar-refractivity contribution is 8.00. The average Bonchev–Trinajstić information content (AvgIpc) is 2.63. The Bertz CT molecular complexity index is 389. The highest BCUT2D eigenvalue weighted by Crippen LogP contribution is 2.43. The lowest BCUT2D eigenvalue weighted by Gasteiger charge is -2.11. The number of halogens is 1. The van der Waals surface area contributed by atoms with Crippen molar-refractivity contribution >= 4 is 17.4 Å². The lowest BCUT2D eigenvalue weighted by Crippen LogP contribution is -2.20. The van der Waals surface area contributed by atoms with Gasteiger partial charge in [0.05, 0.1) is 12.8 Å². The maximum absolute atomic E-state index is 12.0. The van der Waals surface area contributed by atoms with Gasteiger partial charge in [0.2, 0.25) is 0 Å². The molecular formula is C10H13FN2O2S. The van der Waals surface area contributed by atoms with E-state index in [-0.39, 0.29) is 12.1 Å². The summed E-state index contributed by atoms with van der Waals surface area (Å²) in [6.07, 6.45) is 0. The fraction of sp³-hybridized carbons (Fsp3) is 0.400. The van der Waals surface area contributed by atoms with Gasteiger partial charge in [-0.15, -0.1) is 0 Å². The van der Waals surface area contributed by atoms with Crippen LogP contribution in [0.2, 0.25) is 0 Å². The summed E-state index contributed by atoms with van der Waals surface area (Å²) in [5, 5.41) is 3.08. The summed E-state index contributed by atoms with van der Waals surface area (Å²) in [6, 6.07) is 3.62. The van der Waals surface area contributed by atoms with Gasteiger partial charge in [-0.1, -0.05) is 11.8 Å². The highest BCUT2D eigenvalue weighted by atomic mass is 32.2. The third kappa shape index (κ3) is 2.17. The number of benzene rings is 1. The molecule has 1 aliphatic rings. The number of ether oxygens (including phenoxy) is 2. The molecule has 1 atom stereocenters. The van der Waals surface area contributed by atoms with E-state index < -0.39 is 6.67 Å². The minimum atomic E-state index is -0.526. The van der Waals surface area contributed by atoms with Crippen LogP contribution in [0.5, 0.6) is 11.5 Å². The number of alkyl halides is 1. The first-order valence-corrected chi connectivity index (χ1v) is 5.72. The van der Waals surface area contributed by atoms with E-state index in [0.29, 0.717) is 11.5 Å². The molecule has 0 spiro atoms. The number of methoxy groups -OCH3 is 1. The molecule has 3 N–H and O–H groups in total. The summed E-state index contributed by atoms with van der Waals surface area (Å²) in [5.41, 5.74) is 6.48. The maximum Gasteiger partial charge on any atom is 0.163 e. The van der Waals surface area contributed by atoms with Crippen molar-refractivity contribution < 1.29 is 13.9 Å². The molecule has 6 heteroatoms. The molecule has 0 amide bonds. The molecular weight excluding hydrogens is 231 g/mol. The summed E-state index contributed by atoms with van der Waals surface area (Å²) in [6.45, 7) is -0.504. The lowest BCUT2D eigenvalue weighted by molar-refractivity contribution is 0.260. The van der Waals surface area contributed by atoms with Crippen LogP contribution in [0.3, 0.4) is 0 Å². The van der Waals surface area contributed by atoms with Crippen LogP contribution in [-0.4, -0.2) is 25.9 Å². The Hall–Kier alpha value is -1.14. The largest absolute Gasteiger partial charge is 0.493 e. The molecule has 2 rings (SSSR count). The zero-order valence-electron chi connectivity index (χ0n) is 8.83. The molecule has 1 aromatic rings. The molecule has 0 aliphatic carbocycles. The van der Waals surface area contributed by atoms with E-state index in [1.54, 1.807) is 13.2 Å². The third-order valence-electron chi connectivity index (χ3n) is 2.15. The Morgan fingerprint density at radius 3 is 3.00 bits per heavy atom. The van der Waals surface area contributed by atoms with Crippen molar-refractivity contribution in [2.75, 3.05) is 25.7 Å². The number of rotatable bonds is 4. The maximum atomic E-state index is 12.0. The number of nitrogens with one attached hydrogen (secondary N) is 1. The predicted molar refractivity (Wildman–Crippen MR) is 61.9 cm³/mol. The molecule has 0 bridgehead atoms. The van der Waals surface area contributed by atoms with E-state index in [9.17, 15) is 4.39 Å². The van der Waals surface area contributed by atoms with Gasteiger partial charge < -0.3 is 20.5 Å². The van der Waals surface area contributed by atoms with Gasteiger partial charge >= 0.3 is 0 Å². The van der Waals surface area contributed by atoms with Crippen LogP contribution >= 0.6 is 11.8 Å². The van der Waals surface area contributed by atoms with Crippen LogP contribution in [-0.2, 0) is 0 Å². The van der Waals surface area contributed by atoms with Crippen molar-refractivity contribution in [3.05, 3.63) is 12.1 Å². The van der Waals surface area contributed by atoms with Crippen LogP contribution in [0.1, 0.15) is 0 Å². The second kappa shape index (κ2) is 4.80. The fourth-order valence-corrected chi connectivity index (χ4v) is 2.37. The van der Waals surface area contributed by atoms with E-state index >= 15 is 0 Å². The molecule has 1 unspecified atom stereocenters. The molecule has 0 radical (unpaired) electrons. The van der Waals surface area contributed by atoms with E-state index in [1.807, 2.05) is 6.07 Å². The second-order valence-corrected chi connectivity index (χ2v) is 4.40. The van der Waals surface area contributed by atoms with Crippen LogP contribution in [0.25, 0.3) is 0 Å². The minimum absolute atomic E-state index is 0.0222. The molecule has 0 aromatic heterocycles. The number of fused-ring (bicyclic) bond motifs is 1. The normalized spacial score (nSPS) is 17.8. The lowest BCUT2D eigenvalue weighted by atomic mass is 10.2. The zero-order chi connectivity index (χ0) is 11.5. The summed E-state index contributed by atoms with van der Waals surface area (Å²) in [7, 11) is 1.55. The number of hydrogen-bond acceptors (Lipinski definition) is 5. The molecule has 0 saturated heterocycles. The average molecular weight is 244 g/mol. The van der Waals surface area contributed by atoms with Crippen LogP contribution in [0, 0.1) is 0 Å². The molecule has 0 saturated carbocycles. The van der Waals surface area contributed by atoms with Crippen molar-refractivity contribution in [3.8, 4) is 11.5 Å². The van der Waals surface area contributed by atoms with Crippen LogP contribution in [0.15, 0.2) is 17.0 Å². The predicted octanol–water partition coefficient (Wildman–Crippen LogP) is 1.80. The first-order valence-electron chi connectivity index (χ1n) is 4.84. The van der Waals surface area contributed by atoms with Crippen molar-refractivity contribution in [1.29, 1.82) is 0 Å². The van der Waals surface area contributed by atoms with E-state index in [4.69, 9.17) is 15.2 Å². The second-order valence-electron chi connectivity index (χ2n) is 3.22. The van der Waals surface area contributed by atoms with Gasteiger partial charge in [-0.25, -0.2) is 4.39 Å². The van der Waals surface area contributed by atoms with Gasteiger partial charge in [0.1, 0.15) is 18.8 Å². The standard InChI is InChI=1S/C10H13FN2O2S/c1-14-7-5-9-6(13-10(12)16-9)4-8(7)15-3-2-11/h4-5,10,13H,2-3,12H2,1H3. The van der Waals surface area contributed by atoms with Gasteiger partial charge in [0.15, 0.2) is 11.5 Å². The number of hydrogen-bond donors (Lipinski definition) is 2. The number of nitrogens with two attached hydrogens (primary N) is 1. The van der Waals surface area contributed by atoms with Gasteiger partial charge in [-0.3, -0.25) is 0 Å². The van der Waals surface area contributed by atoms with Gasteiger partial charge in [0, 0.05) is 11.0 Å². The Morgan fingerprint density at radius 1 is 1.50 bits per heavy atom. The molecule has 1 aromatic carbocycles. The Kier molecular flexibility index (Phi) is 3.40. The molecule has 1 heterocycles. The smallest absolute Gasteiger partial charge is 0.163 e. The first-order chi connectivity index (χ1) is 7.74. The quantitative estimate of drug-likeness (QED) is 0.846. The summed E-state index contributed by atoms with van der Waals surface area (Å²) in [5.74, 6) is 1.12. The third-order valence-corrected chi connectivity index (χ3v) is 3.12. The molecule has 0 fully saturated rings. The van der Waals surface area contributed by atoms with Crippen molar-refractivity contribution in [2.45, 2.75) is 10.4 Å². The van der Waals surface area contributed by atoms with Crippen LogP contribution < -0.4 is 20.5 Å². The van der Waals surface area contributed by atoms with Crippen molar-refractivity contribution in [3.63, 3.8) is 0 Å². The monoisotopic (exact) mass is 244 g/mol.